The minimum Gasteiger partial charge on any atom is -0.486 e. The Morgan fingerprint density at radius 3 is 2.66 bits per heavy atom. The second-order valence-electron chi connectivity index (χ2n) is 9.52. The zero-order valence-corrected chi connectivity index (χ0v) is 21.4. The highest BCUT2D eigenvalue weighted by Crippen LogP contribution is 2.28. The van der Waals surface area contributed by atoms with Crippen molar-refractivity contribution in [3.8, 4) is 17.0 Å². The third-order valence-corrected chi connectivity index (χ3v) is 6.87. The van der Waals surface area contributed by atoms with Crippen molar-refractivity contribution in [3.05, 3.63) is 61.1 Å². The Labute approximate surface area is 221 Å². The highest BCUT2D eigenvalue weighted by Gasteiger charge is 2.22. The Bertz CT molecular complexity index is 1350. The van der Waals surface area contributed by atoms with E-state index in [1.54, 1.807) is 6.20 Å². The second-order valence-corrected chi connectivity index (χ2v) is 9.52. The Balaban J connectivity index is 1.18. The van der Waals surface area contributed by atoms with Crippen molar-refractivity contribution >= 4 is 28.4 Å². The SMILES string of the molecule is CC(Oc1ccc(-c2cccc3cnc(Nc4ccc(N5CCNCC5)nc4)nc23)nc1)C1CNCCO1. The van der Waals surface area contributed by atoms with Gasteiger partial charge in [0.1, 0.15) is 23.8 Å². The molecular weight excluding hydrogens is 480 g/mol. The Morgan fingerprint density at radius 2 is 1.89 bits per heavy atom. The van der Waals surface area contributed by atoms with E-state index in [0.29, 0.717) is 18.3 Å². The number of ether oxygens (including phenoxy) is 2. The molecule has 1 aromatic carbocycles. The van der Waals surface area contributed by atoms with Crippen molar-refractivity contribution in [2.24, 2.45) is 0 Å². The van der Waals surface area contributed by atoms with Gasteiger partial charge in [0.15, 0.2) is 0 Å². The summed E-state index contributed by atoms with van der Waals surface area (Å²) in [5, 5.41) is 10.9. The van der Waals surface area contributed by atoms with Crippen LogP contribution in [0, 0.1) is 0 Å². The number of piperazine rings is 1. The van der Waals surface area contributed by atoms with E-state index < -0.39 is 0 Å². The number of benzene rings is 1. The van der Waals surface area contributed by atoms with Crippen LogP contribution in [0.15, 0.2) is 61.1 Å². The van der Waals surface area contributed by atoms with Crippen molar-refractivity contribution in [2.75, 3.05) is 56.1 Å². The predicted molar refractivity (Wildman–Crippen MR) is 148 cm³/mol. The van der Waals surface area contributed by atoms with E-state index in [1.807, 2.05) is 61.8 Å². The van der Waals surface area contributed by atoms with E-state index >= 15 is 0 Å². The monoisotopic (exact) mass is 512 g/mol. The topological polar surface area (TPSA) is 109 Å². The quantitative estimate of drug-likeness (QED) is 0.342. The molecule has 2 unspecified atom stereocenters. The van der Waals surface area contributed by atoms with Gasteiger partial charge in [-0.3, -0.25) is 4.98 Å². The summed E-state index contributed by atoms with van der Waals surface area (Å²) in [5.74, 6) is 2.20. The lowest BCUT2D eigenvalue weighted by Crippen LogP contribution is -2.46. The molecule has 0 amide bonds. The largest absolute Gasteiger partial charge is 0.486 e. The Hall–Kier alpha value is -3.86. The molecule has 38 heavy (non-hydrogen) atoms. The summed E-state index contributed by atoms with van der Waals surface area (Å²) >= 11 is 0. The van der Waals surface area contributed by atoms with E-state index in [-0.39, 0.29) is 12.2 Å². The number of nitrogens with one attached hydrogen (secondary N) is 3. The number of anilines is 3. The zero-order chi connectivity index (χ0) is 25.7. The van der Waals surface area contributed by atoms with Gasteiger partial charge in [-0.1, -0.05) is 18.2 Å². The summed E-state index contributed by atoms with van der Waals surface area (Å²) in [4.78, 5) is 20.9. The number of nitrogens with zero attached hydrogens (tertiary/aromatic N) is 5. The fourth-order valence-corrected chi connectivity index (χ4v) is 4.78. The lowest BCUT2D eigenvalue weighted by Gasteiger charge is -2.29. The van der Waals surface area contributed by atoms with Gasteiger partial charge in [0.25, 0.3) is 0 Å². The van der Waals surface area contributed by atoms with Crippen molar-refractivity contribution in [3.63, 3.8) is 0 Å². The van der Waals surface area contributed by atoms with Crippen LogP contribution in [-0.2, 0) is 4.74 Å². The number of morpholine rings is 1. The van der Waals surface area contributed by atoms with Crippen LogP contribution in [0.1, 0.15) is 6.92 Å². The van der Waals surface area contributed by atoms with Gasteiger partial charge in [-0.15, -0.1) is 0 Å². The molecule has 0 aliphatic carbocycles. The van der Waals surface area contributed by atoms with Gasteiger partial charge >= 0.3 is 0 Å². The zero-order valence-electron chi connectivity index (χ0n) is 21.4. The first kappa shape index (κ1) is 24.5. The summed E-state index contributed by atoms with van der Waals surface area (Å²) in [5.41, 5.74) is 3.41. The van der Waals surface area contributed by atoms with E-state index in [0.717, 1.165) is 72.9 Å². The molecule has 0 saturated carbocycles. The molecule has 10 heteroatoms. The Kier molecular flexibility index (Phi) is 7.25. The van der Waals surface area contributed by atoms with Gasteiger partial charge < -0.3 is 30.3 Å². The first-order valence-electron chi connectivity index (χ1n) is 13.1. The molecule has 0 radical (unpaired) electrons. The van der Waals surface area contributed by atoms with E-state index in [9.17, 15) is 0 Å². The molecule has 2 fully saturated rings. The molecule has 0 bridgehead atoms. The number of hydrogen-bond acceptors (Lipinski definition) is 10. The van der Waals surface area contributed by atoms with Crippen LogP contribution in [0.2, 0.25) is 0 Å². The van der Waals surface area contributed by atoms with Gasteiger partial charge in [-0.05, 0) is 31.2 Å². The van der Waals surface area contributed by atoms with Crippen LogP contribution in [-0.4, -0.2) is 78.0 Å². The molecule has 3 N–H and O–H groups in total. The summed E-state index contributed by atoms with van der Waals surface area (Å²) in [6, 6.07) is 14.0. The number of para-hydroxylation sites is 1. The predicted octanol–water partition coefficient (Wildman–Crippen LogP) is 3.00. The summed E-state index contributed by atoms with van der Waals surface area (Å²) < 4.78 is 11.9. The molecule has 5 heterocycles. The fraction of sp³-hybridized carbons (Fsp3) is 0.357. The van der Waals surface area contributed by atoms with Crippen molar-refractivity contribution in [1.82, 2.24) is 30.6 Å². The van der Waals surface area contributed by atoms with E-state index in [2.05, 4.69) is 35.8 Å². The average Bonchev–Trinajstić information content (AvgIpc) is 2.98. The highest BCUT2D eigenvalue weighted by atomic mass is 16.5. The first-order valence-corrected chi connectivity index (χ1v) is 13.1. The summed E-state index contributed by atoms with van der Waals surface area (Å²) in [7, 11) is 0. The summed E-state index contributed by atoms with van der Waals surface area (Å²) in [6.07, 6.45) is 5.36. The van der Waals surface area contributed by atoms with Crippen molar-refractivity contribution in [2.45, 2.75) is 19.1 Å². The molecule has 2 saturated heterocycles. The molecule has 10 nitrogen and oxygen atoms in total. The lowest BCUT2D eigenvalue weighted by atomic mass is 10.1. The number of fused-ring (bicyclic) bond motifs is 1. The van der Waals surface area contributed by atoms with Crippen molar-refractivity contribution < 1.29 is 9.47 Å². The number of hydrogen-bond donors (Lipinski definition) is 3. The van der Waals surface area contributed by atoms with Crippen LogP contribution in [0.3, 0.4) is 0 Å². The van der Waals surface area contributed by atoms with Crippen LogP contribution in [0.25, 0.3) is 22.2 Å². The van der Waals surface area contributed by atoms with Crippen LogP contribution in [0.5, 0.6) is 5.75 Å². The fourth-order valence-electron chi connectivity index (χ4n) is 4.78. The van der Waals surface area contributed by atoms with Crippen LogP contribution in [0.4, 0.5) is 17.5 Å². The molecule has 196 valence electrons. The van der Waals surface area contributed by atoms with Gasteiger partial charge in [-0.25, -0.2) is 15.0 Å². The van der Waals surface area contributed by atoms with Gasteiger partial charge in [0.2, 0.25) is 5.95 Å². The maximum atomic E-state index is 6.09. The summed E-state index contributed by atoms with van der Waals surface area (Å²) in [6.45, 7) is 8.27. The number of pyridine rings is 2. The molecule has 0 spiro atoms. The lowest BCUT2D eigenvalue weighted by molar-refractivity contribution is -0.0351. The van der Waals surface area contributed by atoms with E-state index in [4.69, 9.17) is 14.5 Å². The smallest absolute Gasteiger partial charge is 0.227 e. The number of rotatable bonds is 7. The normalized spacial score (nSPS) is 18.8. The number of aromatic nitrogens is 4. The minimum atomic E-state index is -0.0743. The molecule has 3 aromatic heterocycles. The van der Waals surface area contributed by atoms with Gasteiger partial charge in [-0.2, -0.15) is 0 Å². The third-order valence-electron chi connectivity index (χ3n) is 6.87. The third kappa shape index (κ3) is 5.52. The maximum absolute atomic E-state index is 6.09. The Morgan fingerprint density at radius 1 is 0.974 bits per heavy atom. The van der Waals surface area contributed by atoms with Gasteiger partial charge in [0.05, 0.1) is 35.9 Å². The second kappa shape index (κ2) is 11.3. The molecule has 2 atom stereocenters. The average molecular weight is 513 g/mol. The van der Waals surface area contributed by atoms with Gasteiger partial charge in [0, 0.05) is 56.4 Å². The molecule has 2 aliphatic rings. The molecular formula is C28H32N8O2. The highest BCUT2D eigenvalue weighted by molar-refractivity contribution is 5.93. The van der Waals surface area contributed by atoms with Crippen molar-refractivity contribution in [1.29, 1.82) is 0 Å². The first-order chi connectivity index (χ1) is 18.7. The van der Waals surface area contributed by atoms with Crippen LogP contribution < -0.4 is 25.6 Å². The minimum absolute atomic E-state index is 0.0255. The van der Waals surface area contributed by atoms with Crippen LogP contribution >= 0.6 is 0 Å². The van der Waals surface area contributed by atoms with E-state index in [1.165, 1.54) is 0 Å². The molecule has 2 aliphatic heterocycles. The molecule has 4 aromatic rings. The standard InChI is InChI=1S/C28H32N8O2/c1-19(25-18-30-11-14-37-25)38-22-6-7-24(31-17-22)23-4-2-3-20-15-33-28(35-27(20)23)34-21-5-8-26(32-16-21)36-12-9-29-10-13-36/h2-8,15-17,19,25,29-30H,9-14,18H2,1H3,(H,33,34,35). The molecule has 6 rings (SSSR count). The maximum Gasteiger partial charge on any atom is 0.227 e.